The number of hydrogen-bond acceptors (Lipinski definition) is 4. The summed E-state index contributed by atoms with van der Waals surface area (Å²) >= 11 is 1.78. The first kappa shape index (κ1) is 15.2. The van der Waals surface area contributed by atoms with Crippen molar-refractivity contribution in [1.29, 1.82) is 0 Å². The molecule has 3 aliphatic rings. The van der Waals surface area contributed by atoms with Gasteiger partial charge in [-0.3, -0.25) is 14.9 Å². The first-order valence-corrected chi connectivity index (χ1v) is 9.30. The molecule has 0 aromatic rings. The Balaban J connectivity index is 1.53. The Morgan fingerprint density at radius 2 is 1.57 bits per heavy atom. The van der Waals surface area contributed by atoms with E-state index < -0.39 is 0 Å². The standard InChI is InChI=1S/C15H25N3O2S/c19-14(12-4-1-2-5-12)17-6-3-7-18(9-8-17)15(20)13-10-21-11-16-13/h12-13,16H,1-11H2. The maximum Gasteiger partial charge on any atom is 0.240 e. The molecule has 0 spiro atoms. The molecule has 118 valence electrons. The minimum absolute atomic E-state index is 0.0212. The molecule has 1 aliphatic carbocycles. The van der Waals surface area contributed by atoms with E-state index in [1.165, 1.54) is 12.8 Å². The van der Waals surface area contributed by atoms with Crippen LogP contribution in [-0.2, 0) is 9.59 Å². The fourth-order valence-corrected chi connectivity index (χ4v) is 4.50. The summed E-state index contributed by atoms with van der Waals surface area (Å²) in [5.41, 5.74) is 0. The molecule has 2 saturated heterocycles. The summed E-state index contributed by atoms with van der Waals surface area (Å²) in [6.45, 7) is 3.00. The number of hydrogen-bond donors (Lipinski definition) is 1. The van der Waals surface area contributed by atoms with Crippen molar-refractivity contribution < 1.29 is 9.59 Å². The van der Waals surface area contributed by atoms with Gasteiger partial charge in [0, 0.05) is 43.7 Å². The molecule has 3 fully saturated rings. The summed E-state index contributed by atoms with van der Waals surface area (Å²) in [5, 5.41) is 3.24. The molecule has 1 saturated carbocycles. The zero-order chi connectivity index (χ0) is 14.7. The molecule has 0 bridgehead atoms. The van der Waals surface area contributed by atoms with Crippen molar-refractivity contribution in [2.45, 2.75) is 38.1 Å². The van der Waals surface area contributed by atoms with Crippen LogP contribution in [0.3, 0.4) is 0 Å². The summed E-state index contributed by atoms with van der Waals surface area (Å²) in [5.74, 6) is 2.54. The highest BCUT2D eigenvalue weighted by atomic mass is 32.2. The van der Waals surface area contributed by atoms with Gasteiger partial charge in [0.2, 0.25) is 11.8 Å². The number of carbonyl (C=O) groups excluding carboxylic acids is 2. The molecule has 0 aromatic heterocycles. The Kier molecular flexibility index (Phi) is 5.06. The van der Waals surface area contributed by atoms with Crippen LogP contribution in [0, 0.1) is 5.92 Å². The lowest BCUT2D eigenvalue weighted by Gasteiger charge is -2.25. The van der Waals surface area contributed by atoms with Crippen LogP contribution in [0.15, 0.2) is 0 Å². The molecule has 3 rings (SSSR count). The largest absolute Gasteiger partial charge is 0.341 e. The van der Waals surface area contributed by atoms with Gasteiger partial charge in [-0.1, -0.05) is 12.8 Å². The van der Waals surface area contributed by atoms with E-state index in [2.05, 4.69) is 5.32 Å². The van der Waals surface area contributed by atoms with Gasteiger partial charge in [-0.2, -0.15) is 0 Å². The van der Waals surface area contributed by atoms with Crippen molar-refractivity contribution in [3.05, 3.63) is 0 Å². The molecule has 1 N–H and O–H groups in total. The Morgan fingerprint density at radius 3 is 2.19 bits per heavy atom. The van der Waals surface area contributed by atoms with Crippen LogP contribution in [0.25, 0.3) is 0 Å². The second-order valence-corrected chi connectivity index (χ2v) is 7.29. The minimum Gasteiger partial charge on any atom is -0.341 e. The lowest BCUT2D eigenvalue weighted by atomic mass is 10.1. The maximum atomic E-state index is 12.5. The van der Waals surface area contributed by atoms with Gasteiger partial charge in [-0.05, 0) is 19.3 Å². The van der Waals surface area contributed by atoms with Crippen molar-refractivity contribution in [2.75, 3.05) is 37.8 Å². The van der Waals surface area contributed by atoms with Crippen LogP contribution in [0.5, 0.6) is 0 Å². The highest BCUT2D eigenvalue weighted by Gasteiger charge is 2.31. The van der Waals surface area contributed by atoms with Crippen molar-refractivity contribution >= 4 is 23.6 Å². The molecule has 2 amide bonds. The predicted molar refractivity (Wildman–Crippen MR) is 84.0 cm³/mol. The Labute approximate surface area is 130 Å². The number of carbonyl (C=O) groups is 2. The zero-order valence-corrected chi connectivity index (χ0v) is 13.4. The molecule has 6 heteroatoms. The SMILES string of the molecule is O=C(C1CCCC1)N1CCCN(C(=O)C2CSCN2)CC1. The van der Waals surface area contributed by atoms with Crippen LogP contribution < -0.4 is 5.32 Å². The molecule has 5 nitrogen and oxygen atoms in total. The highest BCUT2D eigenvalue weighted by Crippen LogP contribution is 2.27. The van der Waals surface area contributed by atoms with E-state index in [0.29, 0.717) is 19.0 Å². The number of rotatable bonds is 2. The molecule has 1 atom stereocenters. The van der Waals surface area contributed by atoms with Crippen molar-refractivity contribution in [1.82, 2.24) is 15.1 Å². The van der Waals surface area contributed by atoms with Crippen LogP contribution in [0.1, 0.15) is 32.1 Å². The van der Waals surface area contributed by atoms with Crippen molar-refractivity contribution in [2.24, 2.45) is 5.92 Å². The van der Waals surface area contributed by atoms with E-state index in [0.717, 1.165) is 44.0 Å². The number of amides is 2. The third-order valence-electron chi connectivity index (χ3n) is 4.84. The third-order valence-corrected chi connectivity index (χ3v) is 5.78. The first-order chi connectivity index (χ1) is 10.3. The van der Waals surface area contributed by atoms with Gasteiger partial charge in [-0.25, -0.2) is 0 Å². The average molecular weight is 311 g/mol. The number of thioether (sulfide) groups is 1. The summed E-state index contributed by atoms with van der Waals surface area (Å²) in [7, 11) is 0. The number of nitrogens with one attached hydrogen (secondary N) is 1. The normalized spacial score (nSPS) is 27.9. The Bertz CT molecular complexity index is 356. The monoisotopic (exact) mass is 311 g/mol. The second kappa shape index (κ2) is 7.01. The fraction of sp³-hybridized carbons (Fsp3) is 0.867. The van der Waals surface area contributed by atoms with Gasteiger partial charge >= 0.3 is 0 Å². The van der Waals surface area contributed by atoms with Crippen molar-refractivity contribution in [3.8, 4) is 0 Å². The van der Waals surface area contributed by atoms with E-state index in [-0.39, 0.29) is 17.9 Å². The third kappa shape index (κ3) is 3.54. The first-order valence-electron chi connectivity index (χ1n) is 8.14. The van der Waals surface area contributed by atoms with E-state index in [1.54, 1.807) is 11.8 Å². The van der Waals surface area contributed by atoms with Gasteiger partial charge in [0.05, 0.1) is 6.04 Å². The Hall–Kier alpha value is -0.750. The highest BCUT2D eigenvalue weighted by molar-refractivity contribution is 7.99. The predicted octanol–water partition coefficient (Wildman–Crippen LogP) is 0.900. The van der Waals surface area contributed by atoms with E-state index in [4.69, 9.17) is 0 Å². The summed E-state index contributed by atoms with van der Waals surface area (Å²) in [4.78, 5) is 28.9. The topological polar surface area (TPSA) is 52.7 Å². The van der Waals surface area contributed by atoms with Crippen LogP contribution in [0.2, 0.25) is 0 Å². The van der Waals surface area contributed by atoms with Crippen LogP contribution >= 0.6 is 11.8 Å². The van der Waals surface area contributed by atoms with Gasteiger partial charge in [0.1, 0.15) is 0 Å². The smallest absolute Gasteiger partial charge is 0.240 e. The molecular formula is C15H25N3O2S. The van der Waals surface area contributed by atoms with E-state index in [9.17, 15) is 9.59 Å². The quantitative estimate of drug-likeness (QED) is 0.823. The maximum absolute atomic E-state index is 12.5. The van der Waals surface area contributed by atoms with Crippen molar-refractivity contribution in [3.63, 3.8) is 0 Å². The molecule has 0 radical (unpaired) electrons. The fourth-order valence-electron chi connectivity index (χ4n) is 3.56. The van der Waals surface area contributed by atoms with E-state index in [1.807, 2.05) is 9.80 Å². The Morgan fingerprint density at radius 1 is 0.905 bits per heavy atom. The molecule has 2 aliphatic heterocycles. The van der Waals surface area contributed by atoms with Crippen LogP contribution in [-0.4, -0.2) is 65.5 Å². The summed E-state index contributed by atoms with van der Waals surface area (Å²) in [6.07, 6.45) is 5.41. The minimum atomic E-state index is -0.0212. The summed E-state index contributed by atoms with van der Waals surface area (Å²) in [6, 6.07) is -0.0212. The molecule has 0 aromatic carbocycles. The lowest BCUT2D eigenvalue weighted by molar-refractivity contribution is -0.136. The van der Waals surface area contributed by atoms with Crippen LogP contribution in [0.4, 0.5) is 0 Å². The second-order valence-electron chi connectivity index (χ2n) is 6.26. The van der Waals surface area contributed by atoms with Gasteiger partial charge in [-0.15, -0.1) is 11.8 Å². The van der Waals surface area contributed by atoms with Gasteiger partial charge in [0.25, 0.3) is 0 Å². The average Bonchev–Trinajstić information content (AvgIpc) is 3.15. The molecular weight excluding hydrogens is 286 g/mol. The number of nitrogens with zero attached hydrogens (tertiary/aromatic N) is 2. The van der Waals surface area contributed by atoms with Gasteiger partial charge in [0.15, 0.2) is 0 Å². The molecule has 2 heterocycles. The van der Waals surface area contributed by atoms with Gasteiger partial charge < -0.3 is 9.80 Å². The zero-order valence-electron chi connectivity index (χ0n) is 12.6. The molecule has 1 unspecified atom stereocenters. The molecule has 21 heavy (non-hydrogen) atoms. The lowest BCUT2D eigenvalue weighted by Crippen LogP contribution is -2.46. The summed E-state index contributed by atoms with van der Waals surface area (Å²) < 4.78 is 0. The van der Waals surface area contributed by atoms with E-state index >= 15 is 0 Å².